The van der Waals surface area contributed by atoms with E-state index >= 15 is 0 Å². The molecule has 3 nitrogen and oxygen atoms in total. The van der Waals surface area contributed by atoms with Crippen LogP contribution in [0, 0.1) is 0 Å². The fraction of sp³-hybridized carbons (Fsp3) is 0.214. The van der Waals surface area contributed by atoms with E-state index in [0.29, 0.717) is 0 Å². The number of H-pyrrole nitrogens is 1. The zero-order valence-electron chi connectivity index (χ0n) is 10.9. The lowest BCUT2D eigenvalue weighted by molar-refractivity contribution is 0.620. The first-order chi connectivity index (χ1) is 8.69. The summed E-state index contributed by atoms with van der Waals surface area (Å²) in [5, 5.41) is 5.70. The molecule has 0 radical (unpaired) electrons. The summed E-state index contributed by atoms with van der Waals surface area (Å²) in [7, 11) is 4.06. The Morgan fingerprint density at radius 3 is 2.89 bits per heavy atom. The van der Waals surface area contributed by atoms with E-state index < -0.39 is 0 Å². The molecule has 0 spiro atoms. The standard InChI is InChI=1S/C14H16BN3/c1-8(16-2)14-17-12-6-3-9-7-10(15)4-5-11(9)13(12)18-14/h3-8,16H,15H2,1-2H3,(H,17,18)/t8-/m0/s1. The summed E-state index contributed by atoms with van der Waals surface area (Å²) in [4.78, 5) is 8.07. The zero-order chi connectivity index (χ0) is 12.7. The third kappa shape index (κ3) is 1.69. The topological polar surface area (TPSA) is 40.7 Å². The van der Waals surface area contributed by atoms with Crippen LogP contribution < -0.4 is 10.8 Å². The van der Waals surface area contributed by atoms with Crippen molar-refractivity contribution in [3.63, 3.8) is 0 Å². The summed E-state index contributed by atoms with van der Waals surface area (Å²) in [6.45, 7) is 2.10. The second kappa shape index (κ2) is 4.14. The fourth-order valence-corrected chi connectivity index (χ4v) is 2.29. The van der Waals surface area contributed by atoms with Gasteiger partial charge in [-0.3, -0.25) is 0 Å². The van der Waals surface area contributed by atoms with E-state index in [-0.39, 0.29) is 6.04 Å². The van der Waals surface area contributed by atoms with E-state index in [4.69, 9.17) is 0 Å². The Labute approximate surface area is 107 Å². The van der Waals surface area contributed by atoms with Crippen molar-refractivity contribution in [2.45, 2.75) is 13.0 Å². The van der Waals surface area contributed by atoms with E-state index in [1.165, 1.54) is 16.2 Å². The summed E-state index contributed by atoms with van der Waals surface area (Å²) in [6, 6.07) is 11.0. The number of aromatic nitrogens is 2. The lowest BCUT2D eigenvalue weighted by atomic mass is 9.93. The summed E-state index contributed by atoms with van der Waals surface area (Å²) in [5.41, 5.74) is 3.44. The zero-order valence-corrected chi connectivity index (χ0v) is 10.9. The van der Waals surface area contributed by atoms with Crippen LogP contribution in [0.25, 0.3) is 21.8 Å². The first kappa shape index (κ1) is 11.3. The average Bonchev–Trinajstić information content (AvgIpc) is 2.81. The van der Waals surface area contributed by atoms with Crippen molar-refractivity contribution < 1.29 is 0 Å². The maximum absolute atomic E-state index is 4.64. The number of rotatable bonds is 2. The highest BCUT2D eigenvalue weighted by molar-refractivity contribution is 6.33. The predicted molar refractivity (Wildman–Crippen MR) is 79.3 cm³/mol. The fourth-order valence-electron chi connectivity index (χ4n) is 2.29. The van der Waals surface area contributed by atoms with Crippen molar-refractivity contribution in [2.24, 2.45) is 0 Å². The van der Waals surface area contributed by atoms with Gasteiger partial charge in [-0.1, -0.05) is 29.7 Å². The average molecular weight is 237 g/mol. The lowest BCUT2D eigenvalue weighted by Gasteiger charge is -2.04. The summed E-state index contributed by atoms with van der Waals surface area (Å²) < 4.78 is 0. The van der Waals surface area contributed by atoms with Crippen LogP contribution in [-0.4, -0.2) is 24.9 Å². The van der Waals surface area contributed by atoms with Crippen LogP contribution in [0.2, 0.25) is 0 Å². The molecule has 0 amide bonds. The SMILES string of the molecule is Bc1ccc2c(ccc3nc([C@H](C)NC)[nH]c32)c1. The minimum atomic E-state index is 0.234. The molecule has 4 heteroatoms. The van der Waals surface area contributed by atoms with Crippen molar-refractivity contribution in [1.29, 1.82) is 0 Å². The Morgan fingerprint density at radius 1 is 1.28 bits per heavy atom. The summed E-state index contributed by atoms with van der Waals surface area (Å²) in [6.07, 6.45) is 0. The Bertz CT molecular complexity index is 717. The van der Waals surface area contributed by atoms with Crippen molar-refractivity contribution in [2.75, 3.05) is 7.05 Å². The predicted octanol–water partition coefficient (Wildman–Crippen LogP) is 1.25. The summed E-state index contributed by atoms with van der Waals surface area (Å²) >= 11 is 0. The molecule has 2 N–H and O–H groups in total. The van der Waals surface area contributed by atoms with Crippen molar-refractivity contribution in [1.82, 2.24) is 15.3 Å². The quantitative estimate of drug-likeness (QED) is 0.658. The maximum Gasteiger partial charge on any atom is 0.139 e. The highest BCUT2D eigenvalue weighted by atomic mass is 15.0. The number of fused-ring (bicyclic) bond motifs is 3. The largest absolute Gasteiger partial charge is 0.340 e. The van der Waals surface area contributed by atoms with Crippen LogP contribution in [0.5, 0.6) is 0 Å². The third-order valence-corrected chi connectivity index (χ3v) is 3.49. The Balaban J connectivity index is 2.30. The molecule has 0 saturated heterocycles. The van der Waals surface area contributed by atoms with E-state index in [1.807, 2.05) is 7.05 Å². The minimum Gasteiger partial charge on any atom is -0.340 e. The van der Waals surface area contributed by atoms with Gasteiger partial charge >= 0.3 is 0 Å². The van der Waals surface area contributed by atoms with Gasteiger partial charge in [-0.25, -0.2) is 4.98 Å². The van der Waals surface area contributed by atoms with Crippen LogP contribution >= 0.6 is 0 Å². The number of nitrogens with one attached hydrogen (secondary N) is 2. The first-order valence-corrected chi connectivity index (χ1v) is 6.25. The Kier molecular flexibility index (Phi) is 2.60. The highest BCUT2D eigenvalue weighted by Crippen LogP contribution is 2.24. The smallest absolute Gasteiger partial charge is 0.139 e. The number of hydrogen-bond donors (Lipinski definition) is 2. The molecular formula is C14H16BN3. The Hall–Kier alpha value is -1.81. The number of imidazole rings is 1. The van der Waals surface area contributed by atoms with E-state index in [0.717, 1.165) is 16.9 Å². The van der Waals surface area contributed by atoms with Crippen molar-refractivity contribution in [3.8, 4) is 0 Å². The van der Waals surface area contributed by atoms with E-state index in [2.05, 4.69) is 60.4 Å². The third-order valence-electron chi connectivity index (χ3n) is 3.49. The van der Waals surface area contributed by atoms with Gasteiger partial charge in [0.2, 0.25) is 0 Å². The van der Waals surface area contributed by atoms with Gasteiger partial charge in [0.25, 0.3) is 0 Å². The molecule has 1 atom stereocenters. The van der Waals surface area contributed by atoms with Crippen molar-refractivity contribution >= 4 is 35.1 Å². The van der Waals surface area contributed by atoms with Crippen LogP contribution in [0.1, 0.15) is 18.8 Å². The molecule has 1 aromatic heterocycles. The second-order valence-corrected chi connectivity index (χ2v) is 4.82. The second-order valence-electron chi connectivity index (χ2n) is 4.82. The maximum atomic E-state index is 4.64. The normalized spacial score (nSPS) is 13.2. The molecule has 0 fully saturated rings. The molecule has 0 bridgehead atoms. The van der Waals surface area contributed by atoms with Crippen LogP contribution in [0.3, 0.4) is 0 Å². The van der Waals surface area contributed by atoms with Gasteiger partial charge in [0.1, 0.15) is 13.7 Å². The van der Waals surface area contributed by atoms with Gasteiger partial charge in [0.05, 0.1) is 17.1 Å². The lowest BCUT2D eigenvalue weighted by Crippen LogP contribution is -2.13. The molecule has 0 aliphatic heterocycles. The van der Waals surface area contributed by atoms with Gasteiger partial charge in [0, 0.05) is 5.39 Å². The molecule has 90 valence electrons. The number of benzene rings is 2. The van der Waals surface area contributed by atoms with Gasteiger partial charge in [-0.05, 0) is 25.4 Å². The monoisotopic (exact) mass is 237 g/mol. The number of aromatic amines is 1. The molecule has 3 rings (SSSR count). The molecular weight excluding hydrogens is 221 g/mol. The van der Waals surface area contributed by atoms with Gasteiger partial charge in [0.15, 0.2) is 0 Å². The number of nitrogens with zero attached hydrogens (tertiary/aromatic N) is 1. The minimum absolute atomic E-state index is 0.234. The van der Waals surface area contributed by atoms with Crippen molar-refractivity contribution in [3.05, 3.63) is 36.2 Å². The number of hydrogen-bond acceptors (Lipinski definition) is 2. The summed E-state index contributed by atoms with van der Waals surface area (Å²) in [5.74, 6) is 0.987. The molecule has 0 aliphatic carbocycles. The van der Waals surface area contributed by atoms with E-state index in [9.17, 15) is 0 Å². The molecule has 0 saturated carbocycles. The van der Waals surface area contributed by atoms with Crippen LogP contribution in [0.4, 0.5) is 0 Å². The molecule has 0 unspecified atom stereocenters. The van der Waals surface area contributed by atoms with Gasteiger partial charge < -0.3 is 10.3 Å². The van der Waals surface area contributed by atoms with Gasteiger partial charge in [-0.15, -0.1) is 0 Å². The van der Waals surface area contributed by atoms with Crippen LogP contribution in [0.15, 0.2) is 30.3 Å². The molecule has 1 heterocycles. The Morgan fingerprint density at radius 2 is 2.11 bits per heavy atom. The molecule has 2 aromatic carbocycles. The molecule has 3 aromatic rings. The van der Waals surface area contributed by atoms with Crippen LogP contribution in [-0.2, 0) is 0 Å². The molecule has 18 heavy (non-hydrogen) atoms. The highest BCUT2D eigenvalue weighted by Gasteiger charge is 2.10. The first-order valence-electron chi connectivity index (χ1n) is 6.25. The molecule has 0 aliphatic rings. The van der Waals surface area contributed by atoms with E-state index in [1.54, 1.807) is 0 Å². The van der Waals surface area contributed by atoms with Gasteiger partial charge in [-0.2, -0.15) is 0 Å².